The highest BCUT2D eigenvalue weighted by molar-refractivity contribution is 6.18. The zero-order valence-corrected chi connectivity index (χ0v) is 11.9. The van der Waals surface area contributed by atoms with Gasteiger partial charge in [-0.3, -0.25) is 0 Å². The van der Waals surface area contributed by atoms with Crippen molar-refractivity contribution < 1.29 is 4.42 Å². The minimum atomic E-state index is 0.497. The molecule has 3 nitrogen and oxygen atoms in total. The second kappa shape index (κ2) is 5.55. The molecule has 1 N–H and O–H groups in total. The Labute approximate surface area is 122 Å². The number of nitrogens with one attached hydrogen (secondary N) is 1. The Morgan fingerprint density at radius 2 is 2.05 bits per heavy atom. The van der Waals surface area contributed by atoms with E-state index in [4.69, 9.17) is 16.0 Å². The van der Waals surface area contributed by atoms with Crippen molar-refractivity contribution in [2.75, 3.05) is 5.32 Å². The molecule has 1 aromatic carbocycles. The van der Waals surface area contributed by atoms with Crippen LogP contribution in [-0.4, -0.2) is 4.98 Å². The fourth-order valence-electron chi connectivity index (χ4n) is 2.19. The number of anilines is 1. The number of halogens is 1. The average molecular weight is 287 g/mol. The van der Waals surface area contributed by atoms with E-state index in [-0.39, 0.29) is 0 Å². The number of fused-ring (bicyclic) bond motifs is 1. The fourth-order valence-corrected chi connectivity index (χ4v) is 2.42. The Balaban J connectivity index is 1.82. The second-order valence-electron chi connectivity index (χ2n) is 4.68. The van der Waals surface area contributed by atoms with E-state index < -0.39 is 0 Å². The van der Waals surface area contributed by atoms with E-state index in [1.54, 1.807) is 0 Å². The summed E-state index contributed by atoms with van der Waals surface area (Å²) in [6, 6.07) is 13.9. The molecule has 0 aliphatic rings. The van der Waals surface area contributed by atoms with Crippen LogP contribution in [0.1, 0.15) is 17.1 Å². The van der Waals surface area contributed by atoms with E-state index in [1.807, 2.05) is 43.3 Å². The third-order valence-corrected chi connectivity index (χ3v) is 3.49. The standard InChI is InChI=1S/C16H15ClN2O/c1-11-5-6-13(20-11)10-18-16-8-7-14-12(9-17)3-2-4-15(14)19-16/h2-8H,9-10H2,1H3,(H,18,19). The molecule has 0 saturated carbocycles. The van der Waals surface area contributed by atoms with E-state index in [0.29, 0.717) is 12.4 Å². The molecule has 3 aromatic rings. The molecule has 0 bridgehead atoms. The van der Waals surface area contributed by atoms with Crippen molar-refractivity contribution in [2.45, 2.75) is 19.3 Å². The van der Waals surface area contributed by atoms with Crippen LogP contribution in [0.15, 0.2) is 46.9 Å². The lowest BCUT2D eigenvalue weighted by atomic mass is 10.1. The number of benzene rings is 1. The first kappa shape index (κ1) is 13.0. The van der Waals surface area contributed by atoms with Crippen molar-refractivity contribution in [3.05, 3.63) is 59.5 Å². The predicted molar refractivity (Wildman–Crippen MR) is 82.1 cm³/mol. The Hall–Kier alpha value is -2.00. The first-order valence-corrected chi connectivity index (χ1v) is 7.03. The molecule has 0 aliphatic carbocycles. The molecule has 0 saturated heterocycles. The molecule has 20 heavy (non-hydrogen) atoms. The number of aryl methyl sites for hydroxylation is 1. The minimum Gasteiger partial charge on any atom is -0.465 e. The summed E-state index contributed by atoms with van der Waals surface area (Å²) in [6.07, 6.45) is 0. The van der Waals surface area contributed by atoms with Gasteiger partial charge in [-0.15, -0.1) is 11.6 Å². The summed E-state index contributed by atoms with van der Waals surface area (Å²) in [4.78, 5) is 4.59. The van der Waals surface area contributed by atoms with E-state index >= 15 is 0 Å². The summed E-state index contributed by atoms with van der Waals surface area (Å²) in [5.41, 5.74) is 2.05. The maximum Gasteiger partial charge on any atom is 0.127 e. The molecule has 0 atom stereocenters. The van der Waals surface area contributed by atoms with Crippen LogP contribution in [0, 0.1) is 6.92 Å². The van der Waals surface area contributed by atoms with Crippen molar-refractivity contribution in [1.29, 1.82) is 0 Å². The molecule has 102 valence electrons. The largest absolute Gasteiger partial charge is 0.465 e. The zero-order valence-electron chi connectivity index (χ0n) is 11.2. The summed E-state index contributed by atoms with van der Waals surface area (Å²) >= 11 is 5.93. The number of hydrogen-bond donors (Lipinski definition) is 1. The summed E-state index contributed by atoms with van der Waals surface area (Å²) in [7, 11) is 0. The molecule has 0 radical (unpaired) electrons. The fraction of sp³-hybridized carbons (Fsp3) is 0.188. The van der Waals surface area contributed by atoms with Gasteiger partial charge in [-0.1, -0.05) is 12.1 Å². The lowest BCUT2D eigenvalue weighted by Crippen LogP contribution is -2.00. The van der Waals surface area contributed by atoms with Crippen LogP contribution in [0.2, 0.25) is 0 Å². The topological polar surface area (TPSA) is 38.1 Å². The Bertz CT molecular complexity index is 736. The molecule has 2 aromatic heterocycles. The van der Waals surface area contributed by atoms with E-state index in [1.165, 1.54) is 0 Å². The second-order valence-corrected chi connectivity index (χ2v) is 4.95. The summed E-state index contributed by atoms with van der Waals surface area (Å²) in [5, 5.41) is 4.37. The molecule has 2 heterocycles. The number of furan rings is 1. The van der Waals surface area contributed by atoms with Gasteiger partial charge in [0.15, 0.2) is 0 Å². The Kier molecular flexibility index (Phi) is 3.61. The average Bonchev–Trinajstić information content (AvgIpc) is 2.89. The highest BCUT2D eigenvalue weighted by Gasteiger charge is 2.03. The summed E-state index contributed by atoms with van der Waals surface area (Å²) < 4.78 is 5.52. The molecule has 3 rings (SSSR count). The molecule has 4 heteroatoms. The van der Waals surface area contributed by atoms with Crippen molar-refractivity contribution in [2.24, 2.45) is 0 Å². The van der Waals surface area contributed by atoms with Gasteiger partial charge in [-0.2, -0.15) is 0 Å². The minimum absolute atomic E-state index is 0.497. The summed E-state index contributed by atoms with van der Waals surface area (Å²) in [5.74, 6) is 3.15. The quantitative estimate of drug-likeness (QED) is 0.718. The van der Waals surface area contributed by atoms with Gasteiger partial charge in [0.05, 0.1) is 12.1 Å². The van der Waals surface area contributed by atoms with Gasteiger partial charge in [0.25, 0.3) is 0 Å². The lowest BCUT2D eigenvalue weighted by Gasteiger charge is -2.07. The lowest BCUT2D eigenvalue weighted by molar-refractivity contribution is 0.490. The van der Waals surface area contributed by atoms with Crippen molar-refractivity contribution in [3.8, 4) is 0 Å². The SMILES string of the molecule is Cc1ccc(CNc2ccc3c(CCl)cccc3n2)o1. The van der Waals surface area contributed by atoms with Crippen LogP contribution in [0.5, 0.6) is 0 Å². The predicted octanol–water partition coefficient (Wildman–Crippen LogP) is 4.49. The number of hydrogen-bond acceptors (Lipinski definition) is 3. The van der Waals surface area contributed by atoms with Crippen LogP contribution in [0.3, 0.4) is 0 Å². The number of nitrogens with zero attached hydrogens (tertiary/aromatic N) is 1. The van der Waals surface area contributed by atoms with Crippen LogP contribution in [0.4, 0.5) is 5.82 Å². The van der Waals surface area contributed by atoms with Gasteiger partial charge in [0, 0.05) is 11.3 Å². The van der Waals surface area contributed by atoms with Gasteiger partial charge in [0.2, 0.25) is 0 Å². The third kappa shape index (κ3) is 2.63. The van der Waals surface area contributed by atoms with Crippen LogP contribution in [-0.2, 0) is 12.4 Å². The first-order chi connectivity index (χ1) is 9.76. The molecular formula is C16H15ClN2O. The Morgan fingerprint density at radius 1 is 1.15 bits per heavy atom. The molecule has 0 aliphatic heterocycles. The Morgan fingerprint density at radius 3 is 2.80 bits per heavy atom. The third-order valence-electron chi connectivity index (χ3n) is 3.21. The van der Waals surface area contributed by atoms with Crippen LogP contribution >= 0.6 is 11.6 Å². The van der Waals surface area contributed by atoms with Gasteiger partial charge >= 0.3 is 0 Å². The molecular weight excluding hydrogens is 272 g/mol. The molecule has 0 unspecified atom stereocenters. The number of alkyl halides is 1. The molecule has 0 spiro atoms. The monoisotopic (exact) mass is 286 g/mol. The highest BCUT2D eigenvalue weighted by Crippen LogP contribution is 2.21. The number of pyridine rings is 1. The van der Waals surface area contributed by atoms with Crippen molar-refractivity contribution in [1.82, 2.24) is 4.98 Å². The highest BCUT2D eigenvalue weighted by atomic mass is 35.5. The van der Waals surface area contributed by atoms with Gasteiger partial charge in [-0.25, -0.2) is 4.98 Å². The maximum absolute atomic E-state index is 5.93. The first-order valence-electron chi connectivity index (χ1n) is 6.50. The maximum atomic E-state index is 5.93. The van der Waals surface area contributed by atoms with Crippen molar-refractivity contribution in [3.63, 3.8) is 0 Å². The van der Waals surface area contributed by atoms with Gasteiger partial charge < -0.3 is 9.73 Å². The summed E-state index contributed by atoms with van der Waals surface area (Å²) in [6.45, 7) is 2.56. The number of rotatable bonds is 4. The van der Waals surface area contributed by atoms with E-state index in [2.05, 4.69) is 16.4 Å². The van der Waals surface area contributed by atoms with Crippen LogP contribution < -0.4 is 5.32 Å². The van der Waals surface area contributed by atoms with E-state index in [9.17, 15) is 0 Å². The molecule has 0 amide bonds. The van der Waals surface area contributed by atoms with Crippen molar-refractivity contribution >= 4 is 28.3 Å². The number of aromatic nitrogens is 1. The molecule has 0 fully saturated rings. The van der Waals surface area contributed by atoms with E-state index in [0.717, 1.165) is 33.8 Å². The zero-order chi connectivity index (χ0) is 13.9. The smallest absolute Gasteiger partial charge is 0.127 e. The van der Waals surface area contributed by atoms with Gasteiger partial charge in [-0.05, 0) is 42.8 Å². The normalized spacial score (nSPS) is 10.9. The van der Waals surface area contributed by atoms with Crippen LogP contribution in [0.25, 0.3) is 10.9 Å². The van der Waals surface area contributed by atoms with Gasteiger partial charge in [0.1, 0.15) is 17.3 Å².